The third kappa shape index (κ3) is 3.12. The molecule has 0 spiro atoms. The Morgan fingerprint density at radius 2 is 2.21 bits per heavy atom. The summed E-state index contributed by atoms with van der Waals surface area (Å²) < 4.78 is 5.68. The van der Waals surface area contributed by atoms with Crippen molar-refractivity contribution in [2.75, 3.05) is 12.4 Å². The lowest BCUT2D eigenvalue weighted by Gasteiger charge is -2.18. The molecule has 0 radical (unpaired) electrons. The Kier molecular flexibility index (Phi) is 4.41. The maximum absolute atomic E-state index is 5.88. The molecule has 0 saturated carbocycles. The van der Waals surface area contributed by atoms with Gasteiger partial charge in [0.15, 0.2) is 0 Å². The highest BCUT2D eigenvalue weighted by atomic mass is 32.2. The van der Waals surface area contributed by atoms with Crippen molar-refractivity contribution in [3.63, 3.8) is 0 Å². The first-order valence-corrected chi connectivity index (χ1v) is 8.31. The fourth-order valence-electron chi connectivity index (χ4n) is 2.88. The predicted molar refractivity (Wildman–Crippen MR) is 78.5 cm³/mol. The van der Waals surface area contributed by atoms with Crippen molar-refractivity contribution in [3.8, 4) is 0 Å². The fraction of sp³-hybridized carbons (Fsp3) is 0.667. The molecule has 3 nitrogen and oxygen atoms in total. The quantitative estimate of drug-likeness (QED) is 0.860. The van der Waals surface area contributed by atoms with Crippen LogP contribution in [0.3, 0.4) is 0 Å². The molecule has 1 unspecified atom stereocenters. The van der Waals surface area contributed by atoms with Crippen LogP contribution in [0.15, 0.2) is 11.1 Å². The average molecular weight is 278 g/mol. The van der Waals surface area contributed by atoms with E-state index in [2.05, 4.69) is 6.07 Å². The molecule has 4 heteroatoms. The van der Waals surface area contributed by atoms with Gasteiger partial charge in [0.1, 0.15) is 5.03 Å². The molecule has 0 amide bonds. The highest BCUT2D eigenvalue weighted by molar-refractivity contribution is 7.99. The molecule has 1 aromatic rings. The lowest BCUT2D eigenvalue weighted by atomic mass is 9.95. The molecule has 2 N–H and O–H groups in total. The van der Waals surface area contributed by atoms with E-state index in [1.807, 2.05) is 11.8 Å². The van der Waals surface area contributed by atoms with Gasteiger partial charge in [-0.1, -0.05) is 6.07 Å². The monoisotopic (exact) mass is 278 g/mol. The lowest BCUT2D eigenvalue weighted by molar-refractivity contribution is 0.129. The molecule has 1 aromatic heterocycles. The van der Waals surface area contributed by atoms with Crippen LogP contribution >= 0.6 is 11.8 Å². The average Bonchev–Trinajstić information content (AvgIpc) is 2.97. The third-order valence-corrected chi connectivity index (χ3v) is 5.16. The topological polar surface area (TPSA) is 48.1 Å². The van der Waals surface area contributed by atoms with Gasteiger partial charge < -0.3 is 10.5 Å². The number of nitrogens with two attached hydrogens (primary N) is 1. The van der Waals surface area contributed by atoms with Crippen LogP contribution < -0.4 is 5.73 Å². The first-order valence-electron chi connectivity index (χ1n) is 7.33. The van der Waals surface area contributed by atoms with Gasteiger partial charge in [0.25, 0.3) is 0 Å². The van der Waals surface area contributed by atoms with Crippen molar-refractivity contribution in [1.29, 1.82) is 0 Å². The van der Waals surface area contributed by atoms with Crippen molar-refractivity contribution >= 4 is 11.8 Å². The van der Waals surface area contributed by atoms with E-state index < -0.39 is 0 Å². The zero-order chi connectivity index (χ0) is 13.1. The normalized spacial score (nSPS) is 22.5. The van der Waals surface area contributed by atoms with Crippen LogP contribution in [-0.2, 0) is 24.1 Å². The number of aryl methyl sites for hydroxylation is 2. The maximum Gasteiger partial charge on any atom is 0.101 e. The summed E-state index contributed by atoms with van der Waals surface area (Å²) in [6, 6.07) is 2.29. The van der Waals surface area contributed by atoms with E-state index in [1.165, 1.54) is 48.9 Å². The van der Waals surface area contributed by atoms with Crippen LogP contribution in [0.4, 0.5) is 0 Å². The lowest BCUT2D eigenvalue weighted by Crippen LogP contribution is -2.12. The van der Waals surface area contributed by atoms with Crippen LogP contribution in [0.5, 0.6) is 0 Å². The molecule has 0 aromatic carbocycles. The second-order valence-electron chi connectivity index (χ2n) is 5.42. The van der Waals surface area contributed by atoms with Crippen LogP contribution in [0.2, 0.25) is 0 Å². The second-order valence-corrected chi connectivity index (χ2v) is 6.42. The number of thioether (sulfide) groups is 1. The van der Waals surface area contributed by atoms with Crippen molar-refractivity contribution in [1.82, 2.24) is 4.98 Å². The van der Waals surface area contributed by atoms with Gasteiger partial charge >= 0.3 is 0 Å². The van der Waals surface area contributed by atoms with E-state index in [-0.39, 0.29) is 0 Å². The largest absolute Gasteiger partial charge is 0.377 e. The molecule has 0 bridgehead atoms. The van der Waals surface area contributed by atoms with Crippen molar-refractivity contribution < 1.29 is 4.74 Å². The van der Waals surface area contributed by atoms with Gasteiger partial charge in [-0.25, -0.2) is 4.98 Å². The molecule has 1 atom stereocenters. The zero-order valence-electron chi connectivity index (χ0n) is 11.4. The molecular weight excluding hydrogens is 256 g/mol. The summed E-state index contributed by atoms with van der Waals surface area (Å²) in [7, 11) is 0. The number of rotatable bonds is 4. The minimum Gasteiger partial charge on any atom is -0.377 e. The molecule has 1 saturated heterocycles. The molecule has 3 rings (SSSR count). The molecule has 1 aliphatic heterocycles. The molecule has 2 heterocycles. The first-order chi connectivity index (χ1) is 9.36. The van der Waals surface area contributed by atoms with E-state index in [1.54, 1.807) is 0 Å². The van der Waals surface area contributed by atoms with Gasteiger partial charge in [0, 0.05) is 24.6 Å². The van der Waals surface area contributed by atoms with E-state index in [0.717, 1.165) is 23.8 Å². The molecule has 1 fully saturated rings. The minimum absolute atomic E-state index is 0.411. The van der Waals surface area contributed by atoms with E-state index in [4.69, 9.17) is 15.5 Å². The number of ether oxygens (including phenoxy) is 1. The minimum atomic E-state index is 0.411. The number of pyridine rings is 1. The summed E-state index contributed by atoms with van der Waals surface area (Å²) in [6.45, 7) is 1.51. The highest BCUT2D eigenvalue weighted by Gasteiger charge is 2.19. The van der Waals surface area contributed by atoms with Crippen molar-refractivity contribution in [2.45, 2.75) is 56.2 Å². The predicted octanol–water partition coefficient (Wildman–Crippen LogP) is 2.69. The number of nitrogens with zero attached hydrogens (tertiary/aromatic N) is 1. The zero-order valence-corrected chi connectivity index (χ0v) is 12.2. The number of hydrogen-bond acceptors (Lipinski definition) is 4. The van der Waals surface area contributed by atoms with Crippen molar-refractivity contribution in [2.24, 2.45) is 5.73 Å². The summed E-state index contributed by atoms with van der Waals surface area (Å²) in [5, 5.41) is 1.14. The van der Waals surface area contributed by atoms with Gasteiger partial charge in [-0.05, 0) is 49.7 Å². The summed E-state index contributed by atoms with van der Waals surface area (Å²) in [6.07, 6.45) is 7.68. The Hall–Kier alpha value is -0.580. The van der Waals surface area contributed by atoms with Gasteiger partial charge in [0.2, 0.25) is 0 Å². The number of hydrogen-bond donors (Lipinski definition) is 1. The van der Waals surface area contributed by atoms with E-state index in [9.17, 15) is 0 Å². The third-order valence-electron chi connectivity index (χ3n) is 3.99. The summed E-state index contributed by atoms with van der Waals surface area (Å²) in [4.78, 5) is 4.87. The molecular formula is C15H22N2OS. The Bertz CT molecular complexity index is 444. The Balaban J connectivity index is 1.74. The Labute approximate surface area is 119 Å². The van der Waals surface area contributed by atoms with Crippen LogP contribution in [0.1, 0.15) is 42.5 Å². The summed E-state index contributed by atoms with van der Waals surface area (Å²) in [5.41, 5.74) is 9.82. The fourth-order valence-corrected chi connectivity index (χ4v) is 3.99. The molecule has 2 aliphatic rings. The van der Waals surface area contributed by atoms with E-state index >= 15 is 0 Å². The van der Waals surface area contributed by atoms with Gasteiger partial charge in [0.05, 0.1) is 6.10 Å². The Morgan fingerprint density at radius 3 is 3.00 bits per heavy atom. The van der Waals surface area contributed by atoms with Gasteiger partial charge in [-0.3, -0.25) is 0 Å². The standard InChI is InChI=1S/C15H22N2OS/c16-9-12-8-11-4-1-2-6-14(11)17-15(12)19-10-13-5-3-7-18-13/h8,13H,1-7,9-10,16H2. The first kappa shape index (κ1) is 13.4. The molecule has 1 aliphatic carbocycles. The van der Waals surface area contributed by atoms with E-state index in [0.29, 0.717) is 12.6 Å². The molecule has 104 valence electrons. The van der Waals surface area contributed by atoms with Crippen LogP contribution in [-0.4, -0.2) is 23.4 Å². The van der Waals surface area contributed by atoms with Gasteiger partial charge in [-0.2, -0.15) is 0 Å². The number of aromatic nitrogens is 1. The number of fused-ring (bicyclic) bond motifs is 1. The highest BCUT2D eigenvalue weighted by Crippen LogP contribution is 2.29. The van der Waals surface area contributed by atoms with Gasteiger partial charge in [-0.15, -0.1) is 11.8 Å². The Morgan fingerprint density at radius 1 is 1.32 bits per heavy atom. The smallest absolute Gasteiger partial charge is 0.101 e. The van der Waals surface area contributed by atoms with Crippen LogP contribution in [0, 0.1) is 0 Å². The van der Waals surface area contributed by atoms with Crippen LogP contribution in [0.25, 0.3) is 0 Å². The summed E-state index contributed by atoms with van der Waals surface area (Å²) >= 11 is 1.83. The SMILES string of the molecule is NCc1cc2c(nc1SCC1CCCO1)CCCC2. The summed E-state index contributed by atoms with van der Waals surface area (Å²) in [5.74, 6) is 1.01. The van der Waals surface area contributed by atoms with Crippen molar-refractivity contribution in [3.05, 3.63) is 22.9 Å². The molecule has 19 heavy (non-hydrogen) atoms. The maximum atomic E-state index is 5.88. The second kappa shape index (κ2) is 6.25.